The van der Waals surface area contributed by atoms with Gasteiger partial charge < -0.3 is 19.3 Å². The Morgan fingerprint density at radius 3 is 2.61 bits per heavy atom. The van der Waals surface area contributed by atoms with Gasteiger partial charge in [0.05, 0.1) is 6.54 Å². The van der Waals surface area contributed by atoms with Crippen molar-refractivity contribution in [2.75, 3.05) is 26.2 Å². The highest BCUT2D eigenvalue weighted by molar-refractivity contribution is 5.98. The predicted octanol–water partition coefficient (Wildman–Crippen LogP) is 4.18. The molecule has 7 nitrogen and oxygen atoms in total. The molecular weight excluding hydrogens is 432 g/mol. The molecule has 1 aromatic carbocycles. The van der Waals surface area contributed by atoms with E-state index in [1.165, 1.54) is 9.80 Å². The number of hydrogen-bond acceptors (Lipinski definition) is 5. The van der Waals surface area contributed by atoms with Crippen molar-refractivity contribution in [2.24, 2.45) is 0 Å². The quantitative estimate of drug-likeness (QED) is 0.599. The van der Waals surface area contributed by atoms with Crippen LogP contribution in [0.25, 0.3) is 11.3 Å². The Kier molecular flexibility index (Phi) is 5.99. The van der Waals surface area contributed by atoms with Crippen LogP contribution in [0.4, 0.5) is 13.6 Å². The Balaban J connectivity index is 1.69. The highest BCUT2D eigenvalue weighted by Crippen LogP contribution is 2.37. The number of pyridine rings is 1. The van der Waals surface area contributed by atoms with Gasteiger partial charge in [0.15, 0.2) is 11.6 Å². The maximum Gasteiger partial charge on any atom is 0.410 e. The molecular formula is C24H27F2N3O4. The van der Waals surface area contributed by atoms with Crippen molar-refractivity contribution in [3.05, 3.63) is 47.2 Å². The number of rotatable bonds is 1. The van der Waals surface area contributed by atoms with Crippen LogP contribution in [0.15, 0.2) is 24.3 Å². The van der Waals surface area contributed by atoms with Gasteiger partial charge in [-0.1, -0.05) is 24.3 Å². The molecule has 9 heteroatoms. The van der Waals surface area contributed by atoms with E-state index in [4.69, 9.17) is 9.47 Å². The van der Waals surface area contributed by atoms with E-state index >= 15 is 8.78 Å². The summed E-state index contributed by atoms with van der Waals surface area (Å²) in [6.07, 6.45) is -0.805. The van der Waals surface area contributed by atoms with Gasteiger partial charge in [0, 0.05) is 31.6 Å². The molecule has 0 radical (unpaired) electrons. The second-order valence-electron chi connectivity index (χ2n) is 9.33. The number of aryl methyl sites for hydroxylation is 1. The fraction of sp³-hybridized carbons (Fsp3) is 0.458. The van der Waals surface area contributed by atoms with Crippen LogP contribution in [0.5, 0.6) is 5.75 Å². The third kappa shape index (κ3) is 4.62. The number of fused-ring (bicyclic) bond motifs is 3. The van der Waals surface area contributed by atoms with E-state index in [1.807, 2.05) is 0 Å². The van der Waals surface area contributed by atoms with Crippen molar-refractivity contribution in [3.8, 4) is 17.0 Å². The summed E-state index contributed by atoms with van der Waals surface area (Å²) in [5.41, 5.74) is -0.246. The third-order valence-electron chi connectivity index (χ3n) is 5.67. The van der Waals surface area contributed by atoms with Crippen LogP contribution in [0.1, 0.15) is 43.1 Å². The van der Waals surface area contributed by atoms with Crippen LogP contribution in [-0.4, -0.2) is 64.7 Å². The maximum atomic E-state index is 15.6. The van der Waals surface area contributed by atoms with Crippen molar-refractivity contribution in [3.63, 3.8) is 0 Å². The number of carbonyl (C=O) groups is 2. The maximum absolute atomic E-state index is 15.6. The molecule has 3 heterocycles. The fourth-order valence-electron chi connectivity index (χ4n) is 4.02. The van der Waals surface area contributed by atoms with Crippen molar-refractivity contribution < 1.29 is 27.8 Å². The molecule has 0 aliphatic carbocycles. The smallest absolute Gasteiger partial charge is 0.410 e. The van der Waals surface area contributed by atoms with Gasteiger partial charge in [-0.25, -0.2) is 14.2 Å². The first-order chi connectivity index (χ1) is 15.5. The zero-order chi connectivity index (χ0) is 23.9. The van der Waals surface area contributed by atoms with Crippen LogP contribution < -0.4 is 4.74 Å². The highest BCUT2D eigenvalue weighted by atomic mass is 19.1. The number of halogens is 2. The van der Waals surface area contributed by atoms with E-state index < -0.39 is 46.8 Å². The summed E-state index contributed by atoms with van der Waals surface area (Å²) in [4.78, 5) is 32.4. The molecule has 4 rings (SSSR count). The lowest BCUT2D eigenvalue weighted by molar-refractivity contribution is 0.0149. The molecule has 1 unspecified atom stereocenters. The first-order valence-corrected chi connectivity index (χ1v) is 10.9. The summed E-state index contributed by atoms with van der Waals surface area (Å²) < 4.78 is 42.0. The number of ether oxygens (including phenoxy) is 2. The van der Waals surface area contributed by atoms with E-state index in [0.29, 0.717) is 24.1 Å². The molecule has 1 atom stereocenters. The number of hydrogen-bond donors (Lipinski definition) is 0. The van der Waals surface area contributed by atoms with Gasteiger partial charge in [-0.05, 0) is 33.3 Å². The summed E-state index contributed by atoms with van der Waals surface area (Å²) in [5, 5.41) is 0. The van der Waals surface area contributed by atoms with Crippen molar-refractivity contribution in [1.29, 1.82) is 0 Å². The second-order valence-corrected chi connectivity index (χ2v) is 9.33. The number of carbonyl (C=O) groups excluding carboxylic acids is 2. The van der Waals surface area contributed by atoms with Crippen LogP contribution in [0, 0.1) is 18.7 Å². The SMILES string of the molecule is Cc1ccccc1-c1nc(F)c2c(c1F)OC1CCN(C(=O)OC(C)(C)C)CCN(C1)C2=O. The zero-order valence-electron chi connectivity index (χ0n) is 19.2. The van der Waals surface area contributed by atoms with Crippen LogP contribution in [0.3, 0.4) is 0 Å². The Hall–Kier alpha value is -3.23. The van der Waals surface area contributed by atoms with Crippen molar-refractivity contribution >= 4 is 12.0 Å². The predicted molar refractivity (Wildman–Crippen MR) is 117 cm³/mol. The van der Waals surface area contributed by atoms with Gasteiger partial charge >= 0.3 is 6.09 Å². The average Bonchev–Trinajstić information content (AvgIpc) is 2.86. The summed E-state index contributed by atoms with van der Waals surface area (Å²) in [7, 11) is 0. The topological polar surface area (TPSA) is 72.0 Å². The van der Waals surface area contributed by atoms with E-state index in [-0.39, 0.29) is 25.3 Å². The molecule has 0 spiro atoms. The molecule has 0 N–H and O–H groups in total. The zero-order valence-corrected chi connectivity index (χ0v) is 19.2. The van der Waals surface area contributed by atoms with Gasteiger partial charge in [-0.15, -0.1) is 0 Å². The lowest BCUT2D eigenvalue weighted by atomic mass is 10.0. The summed E-state index contributed by atoms with van der Waals surface area (Å²) in [6, 6.07) is 6.90. The molecule has 2 amide bonds. The number of amides is 2. The van der Waals surface area contributed by atoms with E-state index in [9.17, 15) is 9.59 Å². The van der Waals surface area contributed by atoms with Crippen LogP contribution >= 0.6 is 0 Å². The van der Waals surface area contributed by atoms with Gasteiger partial charge in [0.25, 0.3) is 5.91 Å². The lowest BCUT2D eigenvalue weighted by Crippen LogP contribution is -2.49. The molecule has 0 saturated carbocycles. The van der Waals surface area contributed by atoms with Gasteiger partial charge in [-0.2, -0.15) is 4.39 Å². The Morgan fingerprint density at radius 2 is 1.91 bits per heavy atom. The van der Waals surface area contributed by atoms with Gasteiger partial charge in [0.1, 0.15) is 23.0 Å². The summed E-state index contributed by atoms with van der Waals surface area (Å²) >= 11 is 0. The molecule has 2 bridgehead atoms. The minimum absolute atomic E-state index is 0.137. The number of benzene rings is 1. The fourth-order valence-corrected chi connectivity index (χ4v) is 4.02. The highest BCUT2D eigenvalue weighted by Gasteiger charge is 2.38. The Bertz CT molecular complexity index is 1100. The largest absolute Gasteiger partial charge is 0.484 e. The van der Waals surface area contributed by atoms with Crippen molar-refractivity contribution in [2.45, 2.75) is 45.8 Å². The standard InChI is InChI=1S/C24H27F2N3O4/c1-14-7-5-6-8-16(14)19-18(25)20-17(21(26)27-19)22(30)29-12-11-28(10-9-15(13-29)32-20)23(31)33-24(2,3)4/h5-8,15H,9-13H2,1-4H3. The molecule has 1 fully saturated rings. The molecule has 2 aliphatic heterocycles. The number of nitrogens with zero attached hydrogens (tertiary/aromatic N) is 3. The molecule has 2 aliphatic rings. The second kappa shape index (κ2) is 8.61. The first-order valence-electron chi connectivity index (χ1n) is 10.9. The molecule has 176 valence electrons. The number of aromatic nitrogens is 1. The van der Waals surface area contributed by atoms with Crippen LogP contribution in [0.2, 0.25) is 0 Å². The molecule has 33 heavy (non-hydrogen) atoms. The van der Waals surface area contributed by atoms with E-state index in [1.54, 1.807) is 52.0 Å². The normalized spacial score (nSPS) is 18.6. The van der Waals surface area contributed by atoms with Crippen LogP contribution in [-0.2, 0) is 4.74 Å². The lowest BCUT2D eigenvalue weighted by Gasteiger charge is -2.33. The van der Waals surface area contributed by atoms with E-state index in [0.717, 1.165) is 0 Å². The third-order valence-corrected chi connectivity index (χ3v) is 5.67. The Morgan fingerprint density at radius 1 is 1.18 bits per heavy atom. The summed E-state index contributed by atoms with van der Waals surface area (Å²) in [5.74, 6) is -3.09. The molecule has 2 aromatic rings. The molecule has 1 aromatic heterocycles. The minimum atomic E-state index is -1.08. The monoisotopic (exact) mass is 459 g/mol. The van der Waals surface area contributed by atoms with Gasteiger partial charge in [0.2, 0.25) is 5.95 Å². The molecule has 1 saturated heterocycles. The average molecular weight is 459 g/mol. The van der Waals surface area contributed by atoms with Gasteiger partial charge in [-0.3, -0.25) is 4.79 Å². The van der Waals surface area contributed by atoms with E-state index in [2.05, 4.69) is 4.98 Å². The first kappa shape index (κ1) is 22.9. The summed E-state index contributed by atoms with van der Waals surface area (Å²) in [6.45, 7) is 7.89. The Labute approximate surface area is 191 Å². The van der Waals surface area contributed by atoms with Crippen molar-refractivity contribution in [1.82, 2.24) is 14.8 Å². The minimum Gasteiger partial charge on any atom is -0.484 e.